The zero-order chi connectivity index (χ0) is 20.2. The topological polar surface area (TPSA) is 83.8 Å². The summed E-state index contributed by atoms with van der Waals surface area (Å²) in [5.74, 6) is 0.346. The maximum atomic E-state index is 13.2. The SMILES string of the molecule is C=C(NCc1ccncc1)c1cc(C(=O)c2c(-c3ccccc3)noc2C)c[nH]1. The highest BCUT2D eigenvalue weighted by Crippen LogP contribution is 2.28. The molecule has 0 radical (unpaired) electrons. The molecule has 4 rings (SSSR count). The molecule has 3 heterocycles. The Morgan fingerprint density at radius 3 is 2.69 bits per heavy atom. The van der Waals surface area contributed by atoms with Gasteiger partial charge in [-0.1, -0.05) is 42.1 Å². The van der Waals surface area contributed by atoms with Gasteiger partial charge in [-0.3, -0.25) is 9.78 Å². The quantitative estimate of drug-likeness (QED) is 0.463. The van der Waals surface area contributed by atoms with Crippen LogP contribution in [0.2, 0.25) is 0 Å². The molecular formula is C23H20N4O2. The molecule has 0 fully saturated rings. The number of hydrogen-bond acceptors (Lipinski definition) is 5. The lowest BCUT2D eigenvalue weighted by Gasteiger charge is -2.07. The molecule has 0 aliphatic rings. The van der Waals surface area contributed by atoms with Crippen molar-refractivity contribution in [1.29, 1.82) is 0 Å². The molecule has 0 atom stereocenters. The van der Waals surface area contributed by atoms with Crippen molar-refractivity contribution in [2.75, 3.05) is 0 Å². The summed E-state index contributed by atoms with van der Waals surface area (Å²) in [5, 5.41) is 7.35. The van der Waals surface area contributed by atoms with E-state index in [1.165, 1.54) is 0 Å². The number of rotatable bonds is 7. The molecule has 3 aromatic heterocycles. The minimum atomic E-state index is -0.146. The second kappa shape index (κ2) is 7.98. The number of ketones is 1. The van der Waals surface area contributed by atoms with E-state index < -0.39 is 0 Å². The van der Waals surface area contributed by atoms with Crippen LogP contribution in [0.5, 0.6) is 0 Å². The number of aryl methyl sites for hydroxylation is 1. The third kappa shape index (κ3) is 3.87. The van der Waals surface area contributed by atoms with Crippen molar-refractivity contribution in [3.8, 4) is 11.3 Å². The summed E-state index contributed by atoms with van der Waals surface area (Å²) in [6, 6.07) is 15.2. The summed E-state index contributed by atoms with van der Waals surface area (Å²) in [5.41, 5.74) is 4.92. The van der Waals surface area contributed by atoms with Gasteiger partial charge in [-0.15, -0.1) is 0 Å². The standard InChI is InChI=1S/C23H20N4O2/c1-15(25-13-17-8-10-24-11-9-17)20-12-19(14-26-20)23(28)21-16(2)29-27-22(21)18-6-4-3-5-7-18/h3-12,14,25-26H,1,13H2,2H3. The Labute approximate surface area is 168 Å². The van der Waals surface area contributed by atoms with Crippen molar-refractivity contribution in [1.82, 2.24) is 20.4 Å². The van der Waals surface area contributed by atoms with Crippen LogP contribution in [-0.4, -0.2) is 20.9 Å². The van der Waals surface area contributed by atoms with Crippen LogP contribution >= 0.6 is 0 Å². The van der Waals surface area contributed by atoms with Crippen molar-refractivity contribution in [2.24, 2.45) is 0 Å². The fraction of sp³-hybridized carbons (Fsp3) is 0.0870. The van der Waals surface area contributed by atoms with E-state index in [9.17, 15) is 4.79 Å². The van der Waals surface area contributed by atoms with Gasteiger partial charge in [0.25, 0.3) is 0 Å². The van der Waals surface area contributed by atoms with E-state index in [-0.39, 0.29) is 5.78 Å². The molecule has 29 heavy (non-hydrogen) atoms. The van der Waals surface area contributed by atoms with E-state index in [1.54, 1.807) is 31.6 Å². The van der Waals surface area contributed by atoms with Crippen molar-refractivity contribution in [3.05, 3.63) is 102 Å². The van der Waals surface area contributed by atoms with Crippen LogP contribution in [0.4, 0.5) is 0 Å². The highest BCUT2D eigenvalue weighted by Gasteiger charge is 2.23. The second-order valence-corrected chi connectivity index (χ2v) is 6.65. The monoisotopic (exact) mass is 384 g/mol. The number of nitrogens with one attached hydrogen (secondary N) is 2. The Bertz CT molecular complexity index is 1140. The summed E-state index contributed by atoms with van der Waals surface area (Å²) < 4.78 is 5.32. The molecule has 0 aliphatic carbocycles. The first-order valence-corrected chi connectivity index (χ1v) is 9.20. The fourth-order valence-electron chi connectivity index (χ4n) is 3.08. The van der Waals surface area contributed by atoms with E-state index in [4.69, 9.17) is 4.52 Å². The Hall–Kier alpha value is -3.93. The van der Waals surface area contributed by atoms with Crippen LogP contribution in [0.25, 0.3) is 17.0 Å². The summed E-state index contributed by atoms with van der Waals surface area (Å²) in [4.78, 5) is 20.3. The summed E-state index contributed by atoms with van der Waals surface area (Å²) >= 11 is 0. The Morgan fingerprint density at radius 2 is 1.93 bits per heavy atom. The van der Waals surface area contributed by atoms with Gasteiger partial charge in [0, 0.05) is 36.3 Å². The highest BCUT2D eigenvalue weighted by molar-refractivity contribution is 6.13. The molecule has 0 amide bonds. The summed E-state index contributed by atoms with van der Waals surface area (Å²) in [6.45, 7) is 6.42. The van der Waals surface area contributed by atoms with Crippen LogP contribution in [0.1, 0.15) is 32.9 Å². The number of carbonyl (C=O) groups excluding carboxylic acids is 1. The third-order valence-corrected chi connectivity index (χ3v) is 4.66. The molecule has 0 unspecified atom stereocenters. The zero-order valence-corrected chi connectivity index (χ0v) is 16.0. The molecule has 0 saturated carbocycles. The van der Waals surface area contributed by atoms with Crippen LogP contribution in [0, 0.1) is 6.92 Å². The highest BCUT2D eigenvalue weighted by atomic mass is 16.5. The van der Waals surface area contributed by atoms with Gasteiger partial charge >= 0.3 is 0 Å². The van der Waals surface area contributed by atoms with Crippen LogP contribution < -0.4 is 5.32 Å². The Morgan fingerprint density at radius 1 is 1.17 bits per heavy atom. The number of aromatic nitrogens is 3. The lowest BCUT2D eigenvalue weighted by molar-refractivity contribution is 0.103. The average molecular weight is 384 g/mol. The number of pyridine rings is 1. The van der Waals surface area contributed by atoms with E-state index in [1.807, 2.05) is 42.5 Å². The van der Waals surface area contributed by atoms with Crippen molar-refractivity contribution < 1.29 is 9.32 Å². The van der Waals surface area contributed by atoms with E-state index >= 15 is 0 Å². The molecule has 1 aromatic carbocycles. The lowest BCUT2D eigenvalue weighted by atomic mass is 9.99. The average Bonchev–Trinajstić information content (AvgIpc) is 3.40. The van der Waals surface area contributed by atoms with Gasteiger partial charge in [0.1, 0.15) is 11.5 Å². The molecule has 4 aromatic rings. The van der Waals surface area contributed by atoms with Gasteiger partial charge in [-0.2, -0.15) is 0 Å². The summed E-state index contributed by atoms with van der Waals surface area (Å²) in [6.07, 6.45) is 5.17. The molecular weight excluding hydrogens is 364 g/mol. The molecule has 0 aliphatic heterocycles. The molecule has 6 heteroatoms. The van der Waals surface area contributed by atoms with Gasteiger partial charge in [-0.25, -0.2) is 0 Å². The van der Waals surface area contributed by atoms with Crippen molar-refractivity contribution in [3.63, 3.8) is 0 Å². The molecule has 0 spiro atoms. The maximum Gasteiger partial charge on any atom is 0.200 e. The first-order valence-electron chi connectivity index (χ1n) is 9.20. The zero-order valence-electron chi connectivity index (χ0n) is 16.0. The smallest absolute Gasteiger partial charge is 0.200 e. The number of nitrogens with zero attached hydrogens (tertiary/aromatic N) is 2. The molecule has 0 bridgehead atoms. The van der Waals surface area contributed by atoms with Crippen LogP contribution in [-0.2, 0) is 6.54 Å². The fourth-order valence-corrected chi connectivity index (χ4v) is 3.08. The Balaban J connectivity index is 1.54. The predicted molar refractivity (Wildman–Crippen MR) is 111 cm³/mol. The van der Waals surface area contributed by atoms with E-state index in [0.717, 1.165) is 16.8 Å². The van der Waals surface area contributed by atoms with Gasteiger partial charge in [0.05, 0.1) is 17.0 Å². The van der Waals surface area contributed by atoms with Crippen molar-refractivity contribution in [2.45, 2.75) is 13.5 Å². The molecule has 6 nitrogen and oxygen atoms in total. The maximum absolute atomic E-state index is 13.2. The van der Waals surface area contributed by atoms with Gasteiger partial charge in [0.15, 0.2) is 5.78 Å². The first-order chi connectivity index (χ1) is 14.1. The number of carbonyl (C=O) groups is 1. The predicted octanol–water partition coefficient (Wildman–Crippen LogP) is 4.36. The van der Waals surface area contributed by atoms with Gasteiger partial charge < -0.3 is 14.8 Å². The normalized spacial score (nSPS) is 10.7. The Kier molecular flexibility index (Phi) is 5.07. The largest absolute Gasteiger partial charge is 0.380 e. The molecule has 0 saturated heterocycles. The second-order valence-electron chi connectivity index (χ2n) is 6.65. The lowest BCUT2D eigenvalue weighted by Crippen LogP contribution is -2.11. The van der Waals surface area contributed by atoms with E-state index in [2.05, 4.69) is 27.0 Å². The number of benzene rings is 1. The minimum absolute atomic E-state index is 0.146. The van der Waals surface area contributed by atoms with Crippen LogP contribution in [0.15, 0.2) is 78.2 Å². The van der Waals surface area contributed by atoms with E-state index in [0.29, 0.717) is 34.8 Å². The molecule has 2 N–H and O–H groups in total. The van der Waals surface area contributed by atoms with Crippen molar-refractivity contribution >= 4 is 11.5 Å². The minimum Gasteiger partial charge on any atom is -0.380 e. The van der Waals surface area contributed by atoms with Gasteiger partial charge in [-0.05, 0) is 30.7 Å². The molecule has 144 valence electrons. The summed E-state index contributed by atoms with van der Waals surface area (Å²) in [7, 11) is 0. The first kappa shape index (κ1) is 18.4. The number of H-pyrrole nitrogens is 1. The number of hydrogen-bond donors (Lipinski definition) is 2. The third-order valence-electron chi connectivity index (χ3n) is 4.66. The van der Waals surface area contributed by atoms with Crippen LogP contribution in [0.3, 0.4) is 0 Å². The number of aromatic amines is 1. The van der Waals surface area contributed by atoms with Gasteiger partial charge in [0.2, 0.25) is 0 Å².